The summed E-state index contributed by atoms with van der Waals surface area (Å²) in [5.74, 6) is 0.646. The molecule has 0 aliphatic rings. The lowest BCUT2D eigenvalue weighted by atomic mass is 10.3. The number of aromatic nitrogens is 2. The van der Waals surface area contributed by atoms with Crippen LogP contribution in [0.2, 0.25) is 0 Å². The predicted molar refractivity (Wildman–Crippen MR) is 39.2 cm³/mol. The van der Waals surface area contributed by atoms with Gasteiger partial charge in [-0.2, -0.15) is 0 Å². The van der Waals surface area contributed by atoms with Crippen LogP contribution in [0.4, 0.5) is 5.82 Å². The summed E-state index contributed by atoms with van der Waals surface area (Å²) in [7, 11) is 0. The van der Waals surface area contributed by atoms with E-state index in [1.807, 2.05) is 6.92 Å². The van der Waals surface area contributed by atoms with Gasteiger partial charge in [0.05, 0.1) is 0 Å². The molecule has 0 atom stereocenters. The fourth-order valence-corrected chi connectivity index (χ4v) is 0.808. The maximum Gasteiger partial charge on any atom is 0.340 e. The van der Waals surface area contributed by atoms with Gasteiger partial charge in [0.25, 0.3) is 0 Å². The number of imidazole rings is 1. The standard InChI is InChI=1S/C6H9N3O2/c1-2-3-5-7-4-6(8-5)9(10)11/h4H,2-3H2,1H3,(H,7,8). The van der Waals surface area contributed by atoms with E-state index >= 15 is 0 Å². The zero-order valence-electron chi connectivity index (χ0n) is 6.20. The minimum atomic E-state index is -0.480. The Morgan fingerprint density at radius 2 is 2.55 bits per heavy atom. The fourth-order valence-electron chi connectivity index (χ4n) is 0.808. The van der Waals surface area contributed by atoms with Crippen LogP contribution in [0.25, 0.3) is 0 Å². The molecule has 1 aromatic heterocycles. The quantitative estimate of drug-likeness (QED) is 0.527. The molecule has 0 spiro atoms. The highest BCUT2D eigenvalue weighted by atomic mass is 16.6. The number of H-pyrrole nitrogens is 1. The number of aryl methyl sites for hydroxylation is 1. The van der Waals surface area contributed by atoms with Crippen molar-refractivity contribution in [3.8, 4) is 0 Å². The summed E-state index contributed by atoms with van der Waals surface area (Å²) >= 11 is 0. The van der Waals surface area contributed by atoms with E-state index in [-0.39, 0.29) is 5.82 Å². The Labute approximate surface area is 63.6 Å². The average Bonchev–Trinajstić information content (AvgIpc) is 2.37. The van der Waals surface area contributed by atoms with Gasteiger partial charge in [-0.1, -0.05) is 6.92 Å². The van der Waals surface area contributed by atoms with Crippen molar-refractivity contribution in [1.29, 1.82) is 0 Å². The third-order valence-corrected chi connectivity index (χ3v) is 1.30. The smallest absolute Gasteiger partial charge is 0.340 e. The molecule has 0 saturated heterocycles. The van der Waals surface area contributed by atoms with Crippen molar-refractivity contribution in [2.24, 2.45) is 0 Å². The van der Waals surface area contributed by atoms with E-state index in [0.717, 1.165) is 12.8 Å². The Kier molecular flexibility index (Phi) is 2.20. The molecule has 0 aliphatic heterocycles. The molecule has 0 unspecified atom stereocenters. The Morgan fingerprint density at radius 3 is 3.00 bits per heavy atom. The van der Waals surface area contributed by atoms with Crippen molar-refractivity contribution in [3.63, 3.8) is 0 Å². The van der Waals surface area contributed by atoms with Gasteiger partial charge in [-0.25, -0.2) is 9.97 Å². The zero-order valence-corrected chi connectivity index (χ0v) is 6.20. The number of aromatic amines is 1. The van der Waals surface area contributed by atoms with Crippen LogP contribution in [-0.4, -0.2) is 14.9 Å². The number of nitrogens with one attached hydrogen (secondary N) is 1. The fraction of sp³-hybridized carbons (Fsp3) is 0.500. The van der Waals surface area contributed by atoms with Crippen molar-refractivity contribution < 1.29 is 4.92 Å². The molecule has 1 heterocycles. The van der Waals surface area contributed by atoms with Gasteiger partial charge in [-0.3, -0.25) is 0 Å². The van der Waals surface area contributed by atoms with Gasteiger partial charge in [0, 0.05) is 6.42 Å². The third-order valence-electron chi connectivity index (χ3n) is 1.30. The first-order valence-corrected chi connectivity index (χ1v) is 3.42. The number of hydrogen-bond donors (Lipinski definition) is 1. The lowest BCUT2D eigenvalue weighted by Gasteiger charge is -1.86. The largest absolute Gasteiger partial charge is 0.358 e. The molecule has 0 radical (unpaired) electrons. The average molecular weight is 155 g/mol. The zero-order chi connectivity index (χ0) is 8.27. The third kappa shape index (κ3) is 1.76. The highest BCUT2D eigenvalue weighted by molar-refractivity contribution is 5.14. The number of nitrogens with zero attached hydrogens (tertiary/aromatic N) is 2. The van der Waals surface area contributed by atoms with Crippen LogP contribution < -0.4 is 0 Å². The molecule has 5 heteroatoms. The van der Waals surface area contributed by atoms with Crippen LogP contribution in [0.15, 0.2) is 6.20 Å². The molecular weight excluding hydrogens is 146 g/mol. The van der Waals surface area contributed by atoms with Gasteiger partial charge in [0.2, 0.25) is 0 Å². The summed E-state index contributed by atoms with van der Waals surface area (Å²) in [6.07, 6.45) is 2.93. The van der Waals surface area contributed by atoms with Gasteiger partial charge >= 0.3 is 5.82 Å². The summed E-state index contributed by atoms with van der Waals surface area (Å²) in [4.78, 5) is 16.1. The highest BCUT2D eigenvalue weighted by Crippen LogP contribution is 2.06. The van der Waals surface area contributed by atoms with E-state index in [1.165, 1.54) is 6.20 Å². The van der Waals surface area contributed by atoms with Gasteiger partial charge in [0.15, 0.2) is 5.82 Å². The lowest BCUT2D eigenvalue weighted by molar-refractivity contribution is -0.389. The van der Waals surface area contributed by atoms with E-state index in [2.05, 4.69) is 9.97 Å². The molecule has 1 aromatic rings. The van der Waals surface area contributed by atoms with Crippen LogP contribution in [-0.2, 0) is 6.42 Å². The second kappa shape index (κ2) is 3.14. The monoisotopic (exact) mass is 155 g/mol. The lowest BCUT2D eigenvalue weighted by Crippen LogP contribution is -1.89. The molecule has 0 aliphatic carbocycles. The minimum Gasteiger partial charge on any atom is -0.358 e. The second-order valence-corrected chi connectivity index (χ2v) is 2.22. The molecule has 0 aromatic carbocycles. The molecule has 0 saturated carbocycles. The topological polar surface area (TPSA) is 71.8 Å². The Bertz CT molecular complexity index is 256. The van der Waals surface area contributed by atoms with E-state index in [1.54, 1.807) is 0 Å². The van der Waals surface area contributed by atoms with Gasteiger partial charge < -0.3 is 10.1 Å². The number of hydrogen-bond acceptors (Lipinski definition) is 3. The summed E-state index contributed by atoms with van der Waals surface area (Å²) in [5.41, 5.74) is 0. The molecule has 0 bridgehead atoms. The van der Waals surface area contributed by atoms with Gasteiger partial charge in [-0.05, 0) is 11.3 Å². The Hall–Kier alpha value is -1.39. The number of nitro groups is 1. The van der Waals surface area contributed by atoms with Crippen LogP contribution in [0, 0.1) is 10.1 Å². The first kappa shape index (κ1) is 7.71. The van der Waals surface area contributed by atoms with E-state index in [4.69, 9.17) is 0 Å². The van der Waals surface area contributed by atoms with Crippen LogP contribution in [0.1, 0.15) is 19.2 Å². The summed E-state index contributed by atoms with van der Waals surface area (Å²) in [5, 5.41) is 10.2. The van der Waals surface area contributed by atoms with Crippen molar-refractivity contribution in [2.75, 3.05) is 0 Å². The molecule has 60 valence electrons. The summed E-state index contributed by atoms with van der Waals surface area (Å²) in [6, 6.07) is 0. The maximum absolute atomic E-state index is 10.2. The van der Waals surface area contributed by atoms with Crippen molar-refractivity contribution in [3.05, 3.63) is 22.1 Å². The van der Waals surface area contributed by atoms with Crippen molar-refractivity contribution in [2.45, 2.75) is 19.8 Å². The van der Waals surface area contributed by atoms with Gasteiger partial charge in [0.1, 0.15) is 6.20 Å². The van der Waals surface area contributed by atoms with E-state index in [9.17, 15) is 10.1 Å². The number of rotatable bonds is 3. The first-order chi connectivity index (χ1) is 5.24. The Morgan fingerprint density at radius 1 is 1.82 bits per heavy atom. The van der Waals surface area contributed by atoms with Crippen molar-refractivity contribution >= 4 is 5.82 Å². The minimum absolute atomic E-state index is 0.0338. The molecule has 1 N–H and O–H groups in total. The molecule has 5 nitrogen and oxygen atoms in total. The summed E-state index contributed by atoms with van der Waals surface area (Å²) < 4.78 is 0. The Balaban J connectivity index is 2.73. The molecule has 0 fully saturated rings. The highest BCUT2D eigenvalue weighted by Gasteiger charge is 2.07. The predicted octanol–water partition coefficient (Wildman–Crippen LogP) is 1.27. The van der Waals surface area contributed by atoms with Crippen LogP contribution in [0.5, 0.6) is 0 Å². The second-order valence-electron chi connectivity index (χ2n) is 2.22. The summed E-state index contributed by atoms with van der Waals surface area (Å²) in [6.45, 7) is 1.99. The normalized spacial score (nSPS) is 9.91. The van der Waals surface area contributed by atoms with E-state index < -0.39 is 4.92 Å². The van der Waals surface area contributed by atoms with Crippen LogP contribution in [0.3, 0.4) is 0 Å². The molecule has 0 amide bonds. The van der Waals surface area contributed by atoms with E-state index in [0.29, 0.717) is 5.82 Å². The first-order valence-electron chi connectivity index (χ1n) is 3.42. The SMILES string of the molecule is CCCc1ncc([N+](=O)[O-])[nH]1. The molecule has 1 rings (SSSR count). The molecule has 11 heavy (non-hydrogen) atoms. The molecular formula is C6H9N3O2. The van der Waals surface area contributed by atoms with Crippen LogP contribution >= 0.6 is 0 Å². The van der Waals surface area contributed by atoms with Gasteiger partial charge in [-0.15, -0.1) is 0 Å². The van der Waals surface area contributed by atoms with Crippen molar-refractivity contribution in [1.82, 2.24) is 9.97 Å². The maximum atomic E-state index is 10.2.